The first-order valence-corrected chi connectivity index (χ1v) is 9.38. The summed E-state index contributed by atoms with van der Waals surface area (Å²) in [4.78, 5) is 16.3. The normalized spacial score (nSPS) is 12.4. The smallest absolute Gasteiger partial charge is 0.407 e. The van der Waals surface area contributed by atoms with Crippen molar-refractivity contribution in [2.75, 3.05) is 33.3 Å². The first-order chi connectivity index (χ1) is 12.8. The first-order valence-electron chi connectivity index (χ1n) is 9.38. The Morgan fingerprint density at radius 2 is 1.79 bits per heavy atom. The minimum absolute atomic E-state index is 0. The van der Waals surface area contributed by atoms with Crippen molar-refractivity contribution in [1.29, 1.82) is 0 Å². The molecule has 8 heteroatoms. The number of carbonyl (C=O) groups excluding carboxylic acids is 1. The molecule has 160 valence electrons. The van der Waals surface area contributed by atoms with Crippen LogP contribution in [-0.4, -0.2) is 50.9 Å². The van der Waals surface area contributed by atoms with Crippen LogP contribution < -0.4 is 20.7 Å². The number of hydrogen-bond donors (Lipinski definition) is 3. The number of carbonyl (C=O) groups is 1. The van der Waals surface area contributed by atoms with Crippen molar-refractivity contribution >= 4 is 36.0 Å². The molecule has 0 aromatic heterocycles. The van der Waals surface area contributed by atoms with Crippen molar-refractivity contribution in [3.8, 4) is 5.75 Å². The van der Waals surface area contributed by atoms with Crippen molar-refractivity contribution < 1.29 is 14.3 Å². The van der Waals surface area contributed by atoms with E-state index in [0.29, 0.717) is 25.6 Å². The van der Waals surface area contributed by atoms with Crippen molar-refractivity contribution in [2.45, 2.75) is 46.1 Å². The maximum Gasteiger partial charge on any atom is 0.407 e. The topological polar surface area (TPSA) is 84.0 Å². The second kappa shape index (κ2) is 13.5. The summed E-state index contributed by atoms with van der Waals surface area (Å²) >= 11 is 0. The monoisotopic (exact) mass is 506 g/mol. The predicted molar refractivity (Wildman–Crippen MR) is 125 cm³/mol. The van der Waals surface area contributed by atoms with E-state index in [9.17, 15) is 4.79 Å². The number of nitrogens with zero attached hydrogens (tertiary/aromatic N) is 1. The summed E-state index contributed by atoms with van der Waals surface area (Å²) < 4.78 is 10.6. The molecule has 0 heterocycles. The highest BCUT2D eigenvalue weighted by Crippen LogP contribution is 2.26. The molecule has 0 radical (unpaired) electrons. The van der Waals surface area contributed by atoms with Crippen LogP contribution in [0.2, 0.25) is 0 Å². The Bertz CT molecular complexity index is 618. The number of hydrogen-bond acceptors (Lipinski definition) is 4. The van der Waals surface area contributed by atoms with E-state index in [2.05, 4.69) is 33.9 Å². The molecule has 0 aliphatic heterocycles. The van der Waals surface area contributed by atoms with E-state index in [1.807, 2.05) is 45.9 Å². The second-order valence-electron chi connectivity index (χ2n) is 7.22. The molecule has 0 aliphatic rings. The summed E-state index contributed by atoms with van der Waals surface area (Å²) in [5.41, 5.74) is 0.633. The number of methoxy groups -OCH3 is 1. The molecule has 1 aromatic carbocycles. The Morgan fingerprint density at radius 1 is 1.14 bits per heavy atom. The molecular weight excluding hydrogens is 471 g/mol. The standard InChI is InChI=1S/C20H34N4O3.HI/c1-7-21-18(22-12-13-23-19(25)27-20(3,4)5)24-14-15(2)16-10-8-9-11-17(16)26-6;/h8-11,15H,7,12-14H2,1-6H3,(H,23,25)(H2,21,22,24);1H. The maximum absolute atomic E-state index is 11.6. The molecular formula is C20H35IN4O3. The maximum atomic E-state index is 11.6. The summed E-state index contributed by atoms with van der Waals surface area (Å²) in [5, 5.41) is 9.14. The molecule has 0 saturated heterocycles. The van der Waals surface area contributed by atoms with Gasteiger partial charge in [-0.3, -0.25) is 4.99 Å². The third-order valence-corrected chi connectivity index (χ3v) is 3.62. The number of para-hydroxylation sites is 1. The number of aliphatic imine (C=N–C) groups is 1. The number of ether oxygens (including phenoxy) is 2. The van der Waals surface area contributed by atoms with Gasteiger partial charge in [0, 0.05) is 32.1 Å². The number of rotatable bonds is 8. The van der Waals surface area contributed by atoms with Gasteiger partial charge in [-0.05, 0) is 39.3 Å². The van der Waals surface area contributed by atoms with Gasteiger partial charge >= 0.3 is 6.09 Å². The Labute approximate surface area is 186 Å². The van der Waals surface area contributed by atoms with Gasteiger partial charge in [-0.2, -0.15) is 0 Å². The lowest BCUT2D eigenvalue weighted by atomic mass is 10.0. The summed E-state index contributed by atoms with van der Waals surface area (Å²) in [6.45, 7) is 12.0. The molecule has 1 rings (SSSR count). The van der Waals surface area contributed by atoms with Crippen LogP contribution >= 0.6 is 24.0 Å². The number of amides is 1. The van der Waals surface area contributed by atoms with Gasteiger partial charge in [0.15, 0.2) is 5.96 Å². The van der Waals surface area contributed by atoms with E-state index in [1.54, 1.807) is 7.11 Å². The van der Waals surface area contributed by atoms with Crippen LogP contribution in [0.4, 0.5) is 4.79 Å². The largest absolute Gasteiger partial charge is 0.496 e. The third-order valence-electron chi connectivity index (χ3n) is 3.62. The van der Waals surface area contributed by atoms with Gasteiger partial charge in [0.1, 0.15) is 11.4 Å². The van der Waals surface area contributed by atoms with E-state index in [4.69, 9.17) is 9.47 Å². The van der Waals surface area contributed by atoms with Gasteiger partial charge in [0.05, 0.1) is 7.11 Å². The molecule has 1 aromatic rings. The summed E-state index contributed by atoms with van der Waals surface area (Å²) in [6, 6.07) is 7.98. The van der Waals surface area contributed by atoms with Crippen molar-refractivity contribution in [2.24, 2.45) is 4.99 Å². The van der Waals surface area contributed by atoms with Gasteiger partial charge < -0.3 is 25.4 Å². The molecule has 7 nitrogen and oxygen atoms in total. The average molecular weight is 506 g/mol. The molecule has 28 heavy (non-hydrogen) atoms. The summed E-state index contributed by atoms with van der Waals surface area (Å²) in [6.07, 6.45) is -0.420. The molecule has 0 aliphatic carbocycles. The van der Waals surface area contributed by atoms with Crippen LogP contribution in [-0.2, 0) is 4.74 Å². The van der Waals surface area contributed by atoms with E-state index in [1.165, 1.54) is 0 Å². The van der Waals surface area contributed by atoms with Gasteiger partial charge in [0.2, 0.25) is 0 Å². The predicted octanol–water partition coefficient (Wildman–Crippen LogP) is 3.50. The lowest BCUT2D eigenvalue weighted by molar-refractivity contribution is 0.0529. The Morgan fingerprint density at radius 3 is 2.39 bits per heavy atom. The number of guanidine groups is 1. The lowest BCUT2D eigenvalue weighted by Crippen LogP contribution is -2.42. The van der Waals surface area contributed by atoms with Crippen molar-refractivity contribution in [1.82, 2.24) is 16.0 Å². The van der Waals surface area contributed by atoms with Gasteiger partial charge in [-0.25, -0.2) is 4.79 Å². The first kappa shape index (κ1) is 26.3. The summed E-state index contributed by atoms with van der Waals surface area (Å²) in [5.74, 6) is 1.81. The SMILES string of the molecule is CCNC(=NCC(C)c1ccccc1OC)NCCNC(=O)OC(C)(C)C.I. The minimum Gasteiger partial charge on any atom is -0.496 e. The highest BCUT2D eigenvalue weighted by atomic mass is 127. The van der Waals surface area contributed by atoms with Crippen LogP contribution in [0.15, 0.2) is 29.3 Å². The van der Waals surface area contributed by atoms with Crippen LogP contribution in [0, 0.1) is 0 Å². The molecule has 0 saturated carbocycles. The minimum atomic E-state index is -0.497. The van der Waals surface area contributed by atoms with Crippen LogP contribution in [0.3, 0.4) is 0 Å². The number of benzene rings is 1. The van der Waals surface area contributed by atoms with Gasteiger partial charge in [0.25, 0.3) is 0 Å². The summed E-state index contributed by atoms with van der Waals surface area (Å²) in [7, 11) is 1.68. The third kappa shape index (κ3) is 10.6. The van der Waals surface area contributed by atoms with Crippen LogP contribution in [0.5, 0.6) is 5.75 Å². The van der Waals surface area contributed by atoms with E-state index >= 15 is 0 Å². The zero-order chi connectivity index (χ0) is 20.3. The highest BCUT2D eigenvalue weighted by Gasteiger charge is 2.15. The second-order valence-corrected chi connectivity index (χ2v) is 7.22. The molecule has 0 spiro atoms. The zero-order valence-electron chi connectivity index (χ0n) is 17.8. The van der Waals surface area contributed by atoms with Crippen LogP contribution in [0.25, 0.3) is 0 Å². The van der Waals surface area contributed by atoms with Crippen LogP contribution in [0.1, 0.15) is 46.1 Å². The molecule has 1 atom stereocenters. The lowest BCUT2D eigenvalue weighted by Gasteiger charge is -2.20. The van der Waals surface area contributed by atoms with E-state index in [0.717, 1.165) is 17.9 Å². The van der Waals surface area contributed by atoms with Crippen molar-refractivity contribution in [3.63, 3.8) is 0 Å². The Kier molecular flexibility index (Phi) is 12.6. The number of halogens is 1. The van der Waals surface area contributed by atoms with E-state index in [-0.39, 0.29) is 29.9 Å². The molecule has 1 unspecified atom stereocenters. The van der Waals surface area contributed by atoms with E-state index < -0.39 is 11.7 Å². The number of nitrogens with one attached hydrogen (secondary N) is 3. The Balaban J connectivity index is 0.00000729. The fourth-order valence-electron chi connectivity index (χ4n) is 2.40. The van der Waals surface area contributed by atoms with Crippen molar-refractivity contribution in [3.05, 3.63) is 29.8 Å². The quantitative estimate of drug-likeness (QED) is 0.218. The highest BCUT2D eigenvalue weighted by molar-refractivity contribution is 14.0. The fourth-order valence-corrected chi connectivity index (χ4v) is 2.40. The average Bonchev–Trinajstić information content (AvgIpc) is 2.61. The molecule has 3 N–H and O–H groups in total. The molecule has 1 amide bonds. The van der Waals surface area contributed by atoms with Gasteiger partial charge in [-0.15, -0.1) is 24.0 Å². The molecule has 0 fully saturated rings. The number of alkyl carbamates (subject to hydrolysis) is 1. The zero-order valence-corrected chi connectivity index (χ0v) is 20.1. The Hall–Kier alpha value is -1.71. The van der Waals surface area contributed by atoms with Gasteiger partial charge in [-0.1, -0.05) is 25.1 Å². The molecule has 0 bridgehead atoms. The fraction of sp³-hybridized carbons (Fsp3) is 0.600.